The average Bonchev–Trinajstić information content (AvgIpc) is 2.48. The van der Waals surface area contributed by atoms with E-state index in [0.29, 0.717) is 0 Å². The standard InChI is InChI=1S/C18H28N2/c1-14-12-20(10-9-16(14)11-19)13-17-7-4-6-15-5-2-3-8-18(15)17/h2-3,5,8,14,16-17H,4,6-7,9-13,19H2,1H3. The molecule has 0 bridgehead atoms. The summed E-state index contributed by atoms with van der Waals surface area (Å²) in [5, 5.41) is 0. The fourth-order valence-corrected chi connectivity index (χ4v) is 4.15. The lowest BCUT2D eigenvalue weighted by atomic mass is 9.81. The predicted octanol–water partition coefficient (Wildman–Crippen LogP) is 3.02. The van der Waals surface area contributed by atoms with Gasteiger partial charge in [-0.15, -0.1) is 0 Å². The molecule has 2 aliphatic rings. The zero-order valence-electron chi connectivity index (χ0n) is 12.7. The molecule has 1 heterocycles. The lowest BCUT2D eigenvalue weighted by Crippen LogP contribution is -2.43. The summed E-state index contributed by atoms with van der Waals surface area (Å²) in [6.07, 6.45) is 5.28. The quantitative estimate of drug-likeness (QED) is 0.916. The van der Waals surface area contributed by atoms with Crippen LogP contribution in [0.25, 0.3) is 0 Å². The molecule has 0 amide bonds. The molecule has 3 rings (SSSR count). The minimum Gasteiger partial charge on any atom is -0.330 e. The molecule has 1 aliphatic heterocycles. The van der Waals surface area contributed by atoms with Crippen LogP contribution in [0.2, 0.25) is 0 Å². The number of hydrogen-bond donors (Lipinski definition) is 1. The van der Waals surface area contributed by atoms with Gasteiger partial charge in [0.2, 0.25) is 0 Å². The van der Waals surface area contributed by atoms with E-state index in [1.54, 1.807) is 11.1 Å². The van der Waals surface area contributed by atoms with Gasteiger partial charge in [0.15, 0.2) is 0 Å². The molecule has 0 spiro atoms. The zero-order chi connectivity index (χ0) is 13.9. The van der Waals surface area contributed by atoms with E-state index in [9.17, 15) is 0 Å². The molecule has 0 radical (unpaired) electrons. The van der Waals surface area contributed by atoms with E-state index in [0.717, 1.165) is 24.3 Å². The highest BCUT2D eigenvalue weighted by Crippen LogP contribution is 2.33. The second kappa shape index (κ2) is 6.28. The molecular weight excluding hydrogens is 244 g/mol. The van der Waals surface area contributed by atoms with E-state index in [4.69, 9.17) is 5.73 Å². The van der Waals surface area contributed by atoms with Gasteiger partial charge in [0, 0.05) is 13.1 Å². The Morgan fingerprint density at radius 3 is 2.90 bits per heavy atom. The number of benzene rings is 1. The third kappa shape index (κ3) is 2.91. The lowest BCUT2D eigenvalue weighted by molar-refractivity contribution is 0.124. The van der Waals surface area contributed by atoms with Crippen molar-refractivity contribution in [1.29, 1.82) is 0 Å². The maximum absolute atomic E-state index is 5.87. The van der Waals surface area contributed by atoms with Crippen LogP contribution in [0.3, 0.4) is 0 Å². The molecule has 0 aromatic heterocycles. The predicted molar refractivity (Wildman–Crippen MR) is 84.9 cm³/mol. The van der Waals surface area contributed by atoms with Crippen LogP contribution in [-0.4, -0.2) is 31.1 Å². The van der Waals surface area contributed by atoms with Crippen molar-refractivity contribution >= 4 is 0 Å². The summed E-state index contributed by atoms with van der Waals surface area (Å²) >= 11 is 0. The smallest absolute Gasteiger partial charge is 0.00505 e. The SMILES string of the molecule is CC1CN(CC2CCCc3ccccc32)CCC1CN. The number of piperidine rings is 1. The molecule has 0 saturated carbocycles. The van der Waals surface area contributed by atoms with E-state index in [2.05, 4.69) is 36.1 Å². The third-order valence-electron chi connectivity index (χ3n) is 5.44. The highest BCUT2D eigenvalue weighted by atomic mass is 15.1. The van der Waals surface area contributed by atoms with Crippen molar-refractivity contribution in [3.63, 3.8) is 0 Å². The zero-order valence-corrected chi connectivity index (χ0v) is 12.7. The number of fused-ring (bicyclic) bond motifs is 1. The van der Waals surface area contributed by atoms with Gasteiger partial charge in [0.25, 0.3) is 0 Å². The van der Waals surface area contributed by atoms with Crippen LogP contribution in [0, 0.1) is 11.8 Å². The van der Waals surface area contributed by atoms with Gasteiger partial charge in [-0.25, -0.2) is 0 Å². The summed E-state index contributed by atoms with van der Waals surface area (Å²) in [7, 11) is 0. The summed E-state index contributed by atoms with van der Waals surface area (Å²) < 4.78 is 0. The minimum absolute atomic E-state index is 0.741. The van der Waals surface area contributed by atoms with E-state index >= 15 is 0 Å². The summed E-state index contributed by atoms with van der Waals surface area (Å²) in [5.74, 6) is 2.25. The first kappa shape index (κ1) is 14.1. The summed E-state index contributed by atoms with van der Waals surface area (Å²) in [5.41, 5.74) is 9.08. The molecular formula is C18H28N2. The van der Waals surface area contributed by atoms with Gasteiger partial charge in [-0.05, 0) is 67.7 Å². The maximum Gasteiger partial charge on any atom is 0.00505 e. The van der Waals surface area contributed by atoms with Crippen molar-refractivity contribution in [2.45, 2.75) is 38.5 Å². The molecule has 1 saturated heterocycles. The molecule has 110 valence electrons. The molecule has 3 unspecified atom stereocenters. The molecule has 1 fully saturated rings. The second-order valence-electron chi connectivity index (χ2n) is 6.81. The van der Waals surface area contributed by atoms with Gasteiger partial charge in [0.1, 0.15) is 0 Å². The van der Waals surface area contributed by atoms with E-state index < -0.39 is 0 Å². The van der Waals surface area contributed by atoms with Crippen LogP contribution >= 0.6 is 0 Å². The topological polar surface area (TPSA) is 29.3 Å². The Labute approximate surface area is 123 Å². The van der Waals surface area contributed by atoms with Crippen molar-refractivity contribution < 1.29 is 0 Å². The lowest BCUT2D eigenvalue weighted by Gasteiger charge is -2.39. The molecule has 20 heavy (non-hydrogen) atoms. The van der Waals surface area contributed by atoms with Gasteiger partial charge in [-0.2, -0.15) is 0 Å². The Bertz CT molecular complexity index is 443. The van der Waals surface area contributed by atoms with Crippen molar-refractivity contribution in [3.8, 4) is 0 Å². The van der Waals surface area contributed by atoms with Gasteiger partial charge >= 0.3 is 0 Å². The third-order valence-corrected chi connectivity index (χ3v) is 5.44. The molecule has 1 aromatic rings. The first-order valence-electron chi connectivity index (χ1n) is 8.28. The maximum atomic E-state index is 5.87. The minimum atomic E-state index is 0.741. The van der Waals surface area contributed by atoms with Crippen LogP contribution in [0.15, 0.2) is 24.3 Å². The highest BCUT2D eigenvalue weighted by molar-refractivity contribution is 5.32. The first-order chi connectivity index (χ1) is 9.78. The number of nitrogens with two attached hydrogens (primary N) is 1. The molecule has 2 N–H and O–H groups in total. The number of hydrogen-bond acceptors (Lipinski definition) is 2. The average molecular weight is 272 g/mol. The summed E-state index contributed by atoms with van der Waals surface area (Å²) in [6.45, 7) is 6.96. The Balaban J connectivity index is 1.65. The molecule has 2 nitrogen and oxygen atoms in total. The van der Waals surface area contributed by atoms with Gasteiger partial charge in [0.05, 0.1) is 0 Å². The van der Waals surface area contributed by atoms with Crippen LogP contribution < -0.4 is 5.73 Å². The largest absolute Gasteiger partial charge is 0.330 e. The van der Waals surface area contributed by atoms with E-state index in [1.807, 2.05) is 0 Å². The van der Waals surface area contributed by atoms with Gasteiger partial charge in [-0.1, -0.05) is 31.2 Å². The van der Waals surface area contributed by atoms with Crippen molar-refractivity contribution in [1.82, 2.24) is 4.90 Å². The molecule has 1 aromatic carbocycles. The monoisotopic (exact) mass is 272 g/mol. The van der Waals surface area contributed by atoms with Gasteiger partial charge in [-0.3, -0.25) is 0 Å². The molecule has 1 aliphatic carbocycles. The molecule has 2 heteroatoms. The number of rotatable bonds is 3. The Hall–Kier alpha value is -0.860. The van der Waals surface area contributed by atoms with Crippen LogP contribution in [-0.2, 0) is 6.42 Å². The Kier molecular flexibility index (Phi) is 4.42. The summed E-state index contributed by atoms with van der Waals surface area (Å²) in [4.78, 5) is 2.68. The first-order valence-corrected chi connectivity index (χ1v) is 8.28. The van der Waals surface area contributed by atoms with Gasteiger partial charge < -0.3 is 10.6 Å². The number of aryl methyl sites for hydroxylation is 1. The fraction of sp³-hybridized carbons (Fsp3) is 0.667. The second-order valence-corrected chi connectivity index (χ2v) is 6.81. The van der Waals surface area contributed by atoms with Crippen LogP contribution in [0.4, 0.5) is 0 Å². The number of nitrogens with zero attached hydrogens (tertiary/aromatic N) is 1. The summed E-state index contributed by atoms with van der Waals surface area (Å²) in [6, 6.07) is 9.08. The molecule has 3 atom stereocenters. The highest BCUT2D eigenvalue weighted by Gasteiger charge is 2.28. The van der Waals surface area contributed by atoms with E-state index in [-0.39, 0.29) is 0 Å². The van der Waals surface area contributed by atoms with Crippen molar-refractivity contribution in [2.75, 3.05) is 26.2 Å². The number of likely N-dealkylation sites (tertiary alicyclic amines) is 1. The van der Waals surface area contributed by atoms with Crippen molar-refractivity contribution in [3.05, 3.63) is 35.4 Å². The normalized spacial score (nSPS) is 31.0. The van der Waals surface area contributed by atoms with Crippen LogP contribution in [0.1, 0.15) is 43.2 Å². The van der Waals surface area contributed by atoms with Crippen LogP contribution in [0.5, 0.6) is 0 Å². The fourth-order valence-electron chi connectivity index (χ4n) is 4.15. The van der Waals surface area contributed by atoms with Crippen molar-refractivity contribution in [2.24, 2.45) is 17.6 Å². The Morgan fingerprint density at radius 1 is 1.25 bits per heavy atom. The van der Waals surface area contributed by atoms with E-state index in [1.165, 1.54) is 45.3 Å². The Morgan fingerprint density at radius 2 is 2.10 bits per heavy atom.